The Morgan fingerprint density at radius 2 is 1.90 bits per heavy atom. The largest absolute Gasteiger partial charge is 0.395 e. The summed E-state index contributed by atoms with van der Waals surface area (Å²) in [6.07, 6.45) is 0. The molecule has 0 aliphatic heterocycles. The van der Waals surface area contributed by atoms with E-state index >= 15 is 0 Å². The lowest BCUT2D eigenvalue weighted by Crippen LogP contribution is -2.43. The van der Waals surface area contributed by atoms with Gasteiger partial charge >= 0.3 is 0 Å². The number of anilines is 1. The van der Waals surface area contributed by atoms with Crippen LogP contribution >= 0.6 is 27.5 Å². The number of benzene rings is 1. The topological polar surface area (TPSA) is 63.4 Å². The Balaban J connectivity index is 3.46. The van der Waals surface area contributed by atoms with Crippen molar-refractivity contribution in [2.45, 2.75) is 38.6 Å². The van der Waals surface area contributed by atoms with Crippen molar-refractivity contribution in [2.75, 3.05) is 12.8 Å². The van der Waals surface area contributed by atoms with Crippen LogP contribution in [0.2, 0.25) is 5.02 Å². The van der Waals surface area contributed by atoms with Gasteiger partial charge in [-0.15, -0.1) is 0 Å². The summed E-state index contributed by atoms with van der Waals surface area (Å²) in [4.78, 5) is -0.521. The van der Waals surface area contributed by atoms with Crippen molar-refractivity contribution in [1.29, 1.82) is 0 Å². The zero-order valence-corrected chi connectivity index (χ0v) is 15.7. The van der Waals surface area contributed by atoms with Gasteiger partial charge in [0.05, 0.1) is 15.2 Å². The molecule has 2 N–H and O–H groups in total. The molecule has 0 aliphatic rings. The highest BCUT2D eigenvalue weighted by Gasteiger charge is 2.35. The van der Waals surface area contributed by atoms with Crippen molar-refractivity contribution in [3.05, 3.63) is 21.4 Å². The second-order valence-corrected chi connectivity index (χ2v) is 9.13. The molecular formula is C13H19BrClFN2O2S. The molecule has 120 valence electrons. The summed E-state index contributed by atoms with van der Waals surface area (Å²) in [7, 11) is -2.63. The molecule has 0 radical (unpaired) electrons. The number of hydrogen-bond donors (Lipinski definition) is 1. The molecule has 21 heavy (non-hydrogen) atoms. The van der Waals surface area contributed by atoms with Gasteiger partial charge in [0, 0.05) is 13.1 Å². The molecule has 0 aromatic heterocycles. The van der Waals surface area contributed by atoms with Crippen LogP contribution in [0, 0.1) is 11.2 Å². The van der Waals surface area contributed by atoms with Gasteiger partial charge in [0.25, 0.3) is 0 Å². The normalized spacial score (nSPS) is 14.5. The number of nitrogens with two attached hydrogens (primary N) is 1. The smallest absolute Gasteiger partial charge is 0.246 e. The lowest BCUT2D eigenvalue weighted by Gasteiger charge is -2.34. The number of nitrogens with zero attached hydrogens (tertiary/aromatic N) is 1. The van der Waals surface area contributed by atoms with Gasteiger partial charge in [0.2, 0.25) is 10.0 Å². The molecule has 0 saturated carbocycles. The van der Waals surface area contributed by atoms with Gasteiger partial charge < -0.3 is 5.73 Å². The van der Waals surface area contributed by atoms with Crippen molar-refractivity contribution in [2.24, 2.45) is 5.41 Å². The Bertz CT molecular complexity index is 659. The van der Waals surface area contributed by atoms with Crippen LogP contribution in [0.3, 0.4) is 0 Å². The van der Waals surface area contributed by atoms with Gasteiger partial charge in [-0.05, 0) is 34.3 Å². The summed E-state index contributed by atoms with van der Waals surface area (Å²) in [5, 5.41) is 0.0456. The highest BCUT2D eigenvalue weighted by molar-refractivity contribution is 9.10. The zero-order chi connectivity index (χ0) is 16.7. The minimum atomic E-state index is -4.04. The fourth-order valence-corrected chi connectivity index (χ4v) is 3.91. The fourth-order valence-electron chi connectivity index (χ4n) is 1.70. The van der Waals surface area contributed by atoms with Crippen molar-refractivity contribution < 1.29 is 12.8 Å². The van der Waals surface area contributed by atoms with E-state index in [1.54, 1.807) is 6.92 Å². The maximum absolute atomic E-state index is 14.2. The summed E-state index contributed by atoms with van der Waals surface area (Å²) < 4.78 is 40.7. The van der Waals surface area contributed by atoms with E-state index in [4.69, 9.17) is 17.3 Å². The minimum Gasteiger partial charge on any atom is -0.395 e. The molecule has 8 heteroatoms. The second-order valence-electron chi connectivity index (χ2n) is 5.96. The van der Waals surface area contributed by atoms with Crippen LogP contribution < -0.4 is 5.73 Å². The van der Waals surface area contributed by atoms with E-state index in [0.717, 1.165) is 10.4 Å². The summed E-state index contributed by atoms with van der Waals surface area (Å²) in [5.74, 6) is -1.00. The Hall–Kier alpha value is -0.370. The molecule has 1 atom stereocenters. The quantitative estimate of drug-likeness (QED) is 0.617. The third-order valence-corrected chi connectivity index (χ3v) is 6.92. The predicted molar refractivity (Wildman–Crippen MR) is 87.4 cm³/mol. The van der Waals surface area contributed by atoms with Gasteiger partial charge in [0.1, 0.15) is 4.90 Å². The Morgan fingerprint density at radius 1 is 1.43 bits per heavy atom. The van der Waals surface area contributed by atoms with E-state index in [1.807, 2.05) is 20.8 Å². The maximum atomic E-state index is 14.2. The number of hydrogen-bond acceptors (Lipinski definition) is 3. The molecule has 1 aromatic rings. The van der Waals surface area contributed by atoms with Crippen molar-refractivity contribution >= 4 is 43.2 Å². The van der Waals surface area contributed by atoms with Crippen molar-refractivity contribution in [1.82, 2.24) is 4.31 Å². The first-order valence-corrected chi connectivity index (χ1v) is 8.84. The Labute approximate surface area is 138 Å². The fraction of sp³-hybridized carbons (Fsp3) is 0.538. The van der Waals surface area contributed by atoms with Crippen LogP contribution in [0.4, 0.5) is 10.1 Å². The molecule has 0 fully saturated rings. The molecule has 4 nitrogen and oxygen atoms in total. The summed E-state index contributed by atoms with van der Waals surface area (Å²) in [6, 6.07) is 0.726. The van der Waals surface area contributed by atoms with E-state index in [-0.39, 0.29) is 26.6 Å². The molecular weight excluding hydrogens is 383 g/mol. The van der Waals surface area contributed by atoms with Crippen LogP contribution in [-0.2, 0) is 10.0 Å². The average Bonchev–Trinajstić information content (AvgIpc) is 2.37. The van der Waals surface area contributed by atoms with Gasteiger partial charge in [-0.25, -0.2) is 12.8 Å². The zero-order valence-electron chi connectivity index (χ0n) is 12.5. The average molecular weight is 402 g/mol. The molecule has 1 rings (SSSR count). The Morgan fingerprint density at radius 3 is 2.33 bits per heavy atom. The molecule has 1 unspecified atom stereocenters. The predicted octanol–water partition coefficient (Wildman–Crippen LogP) is 3.88. The lowest BCUT2D eigenvalue weighted by atomic mass is 9.88. The first-order valence-electron chi connectivity index (χ1n) is 6.22. The molecule has 0 amide bonds. The Kier molecular flexibility index (Phi) is 5.36. The van der Waals surface area contributed by atoms with Gasteiger partial charge in [-0.3, -0.25) is 0 Å². The third-order valence-electron chi connectivity index (χ3n) is 3.61. The minimum absolute atomic E-state index is 0.0456. The molecule has 1 aromatic carbocycles. The third kappa shape index (κ3) is 3.52. The molecule has 0 saturated heterocycles. The van der Waals surface area contributed by atoms with Crippen LogP contribution in [0.5, 0.6) is 0 Å². The summed E-state index contributed by atoms with van der Waals surface area (Å²) in [5.41, 5.74) is 4.93. The first-order chi connectivity index (χ1) is 9.31. The number of rotatable bonds is 3. The maximum Gasteiger partial charge on any atom is 0.246 e. The van der Waals surface area contributed by atoms with E-state index in [9.17, 15) is 12.8 Å². The monoisotopic (exact) mass is 400 g/mol. The van der Waals surface area contributed by atoms with Crippen LogP contribution in [0.1, 0.15) is 27.7 Å². The van der Waals surface area contributed by atoms with Gasteiger partial charge in [-0.2, -0.15) is 4.31 Å². The van der Waals surface area contributed by atoms with Crippen molar-refractivity contribution in [3.63, 3.8) is 0 Å². The number of nitrogen functional groups attached to an aromatic ring is 1. The lowest BCUT2D eigenvalue weighted by molar-refractivity contribution is 0.216. The summed E-state index contributed by atoms with van der Waals surface area (Å²) in [6.45, 7) is 7.48. The molecule has 0 spiro atoms. The highest BCUT2D eigenvalue weighted by atomic mass is 79.9. The molecule has 0 aliphatic carbocycles. The van der Waals surface area contributed by atoms with E-state index in [0.29, 0.717) is 0 Å². The van der Waals surface area contributed by atoms with E-state index in [2.05, 4.69) is 15.9 Å². The van der Waals surface area contributed by atoms with Crippen LogP contribution in [-0.4, -0.2) is 25.8 Å². The standard InChI is InChI=1S/C13H19BrClFN2O2S/c1-7(13(2,3)4)18(5)21(19,20)9-6-8(15)10(14)12(17)11(9)16/h6-7H,17H2,1-5H3. The molecule has 0 bridgehead atoms. The van der Waals surface area contributed by atoms with Gasteiger partial charge in [-0.1, -0.05) is 32.4 Å². The number of sulfonamides is 1. The summed E-state index contributed by atoms with van der Waals surface area (Å²) >= 11 is 8.92. The SMILES string of the molecule is CC(N(C)S(=O)(=O)c1cc(Cl)c(Br)c(N)c1F)C(C)(C)C. The van der Waals surface area contributed by atoms with Crippen LogP contribution in [0.15, 0.2) is 15.4 Å². The highest BCUT2D eigenvalue weighted by Crippen LogP contribution is 2.36. The van der Waals surface area contributed by atoms with Crippen molar-refractivity contribution in [3.8, 4) is 0 Å². The van der Waals surface area contributed by atoms with E-state index in [1.165, 1.54) is 7.05 Å². The van der Waals surface area contributed by atoms with Gasteiger partial charge in [0.15, 0.2) is 5.82 Å². The number of halogens is 3. The first kappa shape index (κ1) is 18.7. The van der Waals surface area contributed by atoms with E-state index < -0.39 is 20.7 Å². The second kappa shape index (κ2) is 6.02. The van der Waals surface area contributed by atoms with Crippen LogP contribution in [0.25, 0.3) is 0 Å². The molecule has 0 heterocycles.